The molecule has 0 aromatic rings. The number of esters is 1. The highest BCUT2D eigenvalue weighted by Gasteiger charge is 2.52. The Morgan fingerprint density at radius 2 is 1.79 bits per heavy atom. The number of nitrogens with one attached hydrogen (secondary N) is 2. The number of rotatable bonds is 5. The summed E-state index contributed by atoms with van der Waals surface area (Å²) in [6.07, 6.45) is 2.87. The zero-order chi connectivity index (χ0) is 13.9. The monoisotopic (exact) mass is 270 g/mol. The molecule has 1 aliphatic heterocycles. The molecule has 1 aliphatic carbocycles. The van der Waals surface area contributed by atoms with Crippen molar-refractivity contribution in [2.45, 2.75) is 31.3 Å². The first kappa shape index (κ1) is 14.3. The third-order valence-electron chi connectivity index (χ3n) is 4.28. The number of methoxy groups -OCH3 is 2. The quantitative estimate of drug-likeness (QED) is 0.678. The van der Waals surface area contributed by atoms with E-state index in [1.165, 1.54) is 7.11 Å². The molecule has 1 saturated carbocycles. The van der Waals surface area contributed by atoms with Crippen molar-refractivity contribution in [1.82, 2.24) is 10.6 Å². The number of ether oxygens (including phenoxy) is 2. The molecule has 2 rings (SSSR count). The van der Waals surface area contributed by atoms with E-state index in [4.69, 9.17) is 9.47 Å². The zero-order valence-corrected chi connectivity index (χ0v) is 11.6. The van der Waals surface area contributed by atoms with E-state index in [-0.39, 0.29) is 11.9 Å². The van der Waals surface area contributed by atoms with Gasteiger partial charge in [0.2, 0.25) is 0 Å². The molecule has 6 heteroatoms. The Bertz CT molecular complexity index is 360. The fourth-order valence-electron chi connectivity index (χ4n) is 2.59. The van der Waals surface area contributed by atoms with Gasteiger partial charge in [0, 0.05) is 13.7 Å². The molecule has 0 radical (unpaired) electrons. The predicted molar refractivity (Wildman–Crippen MR) is 68.5 cm³/mol. The average Bonchev–Trinajstić information content (AvgIpc) is 3.25. The van der Waals surface area contributed by atoms with Crippen LogP contribution in [0.25, 0.3) is 0 Å². The summed E-state index contributed by atoms with van der Waals surface area (Å²) in [7, 11) is 2.95. The van der Waals surface area contributed by atoms with Gasteiger partial charge in [-0.15, -0.1) is 0 Å². The maximum absolute atomic E-state index is 12.3. The van der Waals surface area contributed by atoms with Crippen LogP contribution < -0.4 is 10.6 Å². The Morgan fingerprint density at radius 1 is 1.16 bits per heavy atom. The summed E-state index contributed by atoms with van der Waals surface area (Å²) >= 11 is 0. The van der Waals surface area contributed by atoms with E-state index in [1.807, 2.05) is 0 Å². The van der Waals surface area contributed by atoms with E-state index in [9.17, 15) is 9.59 Å². The summed E-state index contributed by atoms with van der Waals surface area (Å²) in [6, 6.07) is 0. The minimum Gasteiger partial charge on any atom is -0.469 e. The molecule has 2 N–H and O–H groups in total. The predicted octanol–water partition coefficient (Wildman–Crippen LogP) is -0.176. The molecule has 19 heavy (non-hydrogen) atoms. The van der Waals surface area contributed by atoms with Crippen LogP contribution in [0.4, 0.5) is 0 Å². The third-order valence-corrected chi connectivity index (χ3v) is 4.28. The van der Waals surface area contributed by atoms with Gasteiger partial charge in [0.05, 0.1) is 12.5 Å². The van der Waals surface area contributed by atoms with Gasteiger partial charge in [-0.3, -0.25) is 9.59 Å². The summed E-state index contributed by atoms with van der Waals surface area (Å²) in [5.74, 6) is -0.351. The van der Waals surface area contributed by atoms with Gasteiger partial charge in [-0.1, -0.05) is 0 Å². The highest BCUT2D eigenvalue weighted by molar-refractivity contribution is 5.87. The molecule has 1 heterocycles. The number of piperidine rings is 1. The minimum atomic E-state index is -0.753. The lowest BCUT2D eigenvalue weighted by atomic mass is 9.91. The van der Waals surface area contributed by atoms with E-state index < -0.39 is 11.0 Å². The Balaban J connectivity index is 1.92. The maximum atomic E-state index is 12.3. The molecule has 0 bridgehead atoms. The fraction of sp³-hybridized carbons (Fsp3) is 0.846. The number of carbonyl (C=O) groups excluding carboxylic acids is 2. The summed E-state index contributed by atoms with van der Waals surface area (Å²) < 4.78 is 10.2. The van der Waals surface area contributed by atoms with Gasteiger partial charge in [-0.2, -0.15) is 0 Å². The molecule has 1 saturated heterocycles. The van der Waals surface area contributed by atoms with Crippen LogP contribution in [0.5, 0.6) is 0 Å². The minimum absolute atomic E-state index is 0.119. The molecule has 1 amide bonds. The van der Waals surface area contributed by atoms with Gasteiger partial charge in [-0.05, 0) is 38.8 Å². The van der Waals surface area contributed by atoms with Crippen LogP contribution in [0.3, 0.4) is 0 Å². The van der Waals surface area contributed by atoms with Crippen LogP contribution in [-0.2, 0) is 19.1 Å². The van der Waals surface area contributed by atoms with Crippen molar-refractivity contribution in [1.29, 1.82) is 0 Å². The lowest BCUT2D eigenvalue weighted by Crippen LogP contribution is -2.55. The van der Waals surface area contributed by atoms with E-state index in [0.717, 1.165) is 25.9 Å². The molecule has 2 aliphatic rings. The number of carbonyl (C=O) groups is 2. The van der Waals surface area contributed by atoms with Gasteiger partial charge in [0.25, 0.3) is 5.91 Å². The second kappa shape index (κ2) is 5.46. The summed E-state index contributed by atoms with van der Waals surface area (Å²) in [6.45, 7) is 1.88. The van der Waals surface area contributed by atoms with Crippen LogP contribution >= 0.6 is 0 Å². The summed E-state index contributed by atoms with van der Waals surface area (Å²) in [5.41, 5.74) is -1.25. The van der Waals surface area contributed by atoms with Crippen molar-refractivity contribution in [2.75, 3.05) is 33.9 Å². The standard InChI is InChI=1S/C13H22N2O4/c1-18-11(17)12(3-4-12)9-15-10(16)13(19-2)5-7-14-8-6-13/h14H,3-9H2,1-2H3,(H,15,16). The number of hydrogen-bond donors (Lipinski definition) is 2. The molecular weight excluding hydrogens is 248 g/mol. The first-order chi connectivity index (χ1) is 9.08. The first-order valence-electron chi connectivity index (χ1n) is 6.71. The second-order valence-electron chi connectivity index (χ2n) is 5.40. The molecule has 0 atom stereocenters. The smallest absolute Gasteiger partial charge is 0.313 e. The molecule has 0 aromatic carbocycles. The largest absolute Gasteiger partial charge is 0.469 e. The number of hydrogen-bond acceptors (Lipinski definition) is 5. The van der Waals surface area contributed by atoms with Gasteiger partial charge in [0.15, 0.2) is 0 Å². The van der Waals surface area contributed by atoms with Crippen molar-refractivity contribution in [3.05, 3.63) is 0 Å². The number of amides is 1. The first-order valence-corrected chi connectivity index (χ1v) is 6.71. The highest BCUT2D eigenvalue weighted by atomic mass is 16.5. The Kier molecular flexibility index (Phi) is 4.10. The van der Waals surface area contributed by atoms with Crippen LogP contribution in [-0.4, -0.2) is 51.3 Å². The van der Waals surface area contributed by atoms with E-state index >= 15 is 0 Å². The van der Waals surface area contributed by atoms with Gasteiger partial charge >= 0.3 is 5.97 Å². The Labute approximate surface area is 113 Å². The summed E-state index contributed by atoms with van der Waals surface area (Å²) in [4.78, 5) is 23.9. The molecule has 0 unspecified atom stereocenters. The molecular formula is C13H22N2O4. The topological polar surface area (TPSA) is 76.7 Å². The van der Waals surface area contributed by atoms with Crippen molar-refractivity contribution in [3.63, 3.8) is 0 Å². The normalized spacial score (nSPS) is 23.5. The SMILES string of the molecule is COC(=O)C1(CNC(=O)C2(OC)CCNCC2)CC1. The lowest BCUT2D eigenvalue weighted by molar-refractivity contribution is -0.150. The summed E-state index contributed by atoms with van der Waals surface area (Å²) in [5, 5.41) is 6.08. The second-order valence-corrected chi connectivity index (χ2v) is 5.40. The van der Waals surface area contributed by atoms with E-state index in [1.54, 1.807) is 7.11 Å². The van der Waals surface area contributed by atoms with Gasteiger partial charge < -0.3 is 20.1 Å². The van der Waals surface area contributed by atoms with E-state index in [2.05, 4.69) is 10.6 Å². The molecule has 6 nitrogen and oxygen atoms in total. The average molecular weight is 270 g/mol. The highest BCUT2D eigenvalue weighted by Crippen LogP contribution is 2.46. The third kappa shape index (κ3) is 2.74. The molecule has 0 spiro atoms. The van der Waals surface area contributed by atoms with Gasteiger partial charge in [-0.25, -0.2) is 0 Å². The molecule has 2 fully saturated rings. The van der Waals surface area contributed by atoms with Gasteiger partial charge in [0.1, 0.15) is 5.60 Å². The van der Waals surface area contributed by atoms with Crippen LogP contribution in [0.15, 0.2) is 0 Å². The van der Waals surface area contributed by atoms with Crippen molar-refractivity contribution < 1.29 is 19.1 Å². The van der Waals surface area contributed by atoms with Crippen LogP contribution in [0.2, 0.25) is 0 Å². The van der Waals surface area contributed by atoms with Crippen molar-refractivity contribution >= 4 is 11.9 Å². The van der Waals surface area contributed by atoms with Crippen LogP contribution in [0, 0.1) is 5.41 Å². The maximum Gasteiger partial charge on any atom is 0.313 e. The van der Waals surface area contributed by atoms with Crippen LogP contribution in [0.1, 0.15) is 25.7 Å². The zero-order valence-electron chi connectivity index (χ0n) is 11.6. The molecule has 0 aromatic heterocycles. The Morgan fingerprint density at radius 3 is 2.26 bits per heavy atom. The Hall–Kier alpha value is -1.14. The lowest BCUT2D eigenvalue weighted by Gasteiger charge is -2.35. The molecule has 108 valence electrons. The van der Waals surface area contributed by atoms with E-state index in [0.29, 0.717) is 19.4 Å². The fourth-order valence-corrected chi connectivity index (χ4v) is 2.59. The van der Waals surface area contributed by atoms with Crippen molar-refractivity contribution in [2.24, 2.45) is 5.41 Å². The van der Waals surface area contributed by atoms with Crippen molar-refractivity contribution in [3.8, 4) is 0 Å².